The molecule has 3 nitrogen and oxygen atoms in total. The monoisotopic (exact) mass is 354 g/mol. The van der Waals surface area contributed by atoms with Crippen molar-refractivity contribution in [3.63, 3.8) is 0 Å². The van der Waals surface area contributed by atoms with Gasteiger partial charge in [0.25, 0.3) is 0 Å². The molecule has 0 spiro atoms. The molecule has 0 bridgehead atoms. The third kappa shape index (κ3) is 4.59. The van der Waals surface area contributed by atoms with Crippen molar-refractivity contribution in [3.05, 3.63) is 102 Å². The molecule has 0 aliphatic carbocycles. The van der Waals surface area contributed by atoms with E-state index in [2.05, 4.69) is 54.4 Å². The summed E-state index contributed by atoms with van der Waals surface area (Å²) in [6.07, 6.45) is 3.44. The van der Waals surface area contributed by atoms with Gasteiger partial charge in [0, 0.05) is 11.1 Å². The fourth-order valence-corrected chi connectivity index (χ4v) is 2.86. The molecule has 0 fully saturated rings. The number of carbonyl (C=O) groups excluding carboxylic acids is 1. The molecule has 0 radical (unpaired) electrons. The summed E-state index contributed by atoms with van der Waals surface area (Å²) in [7, 11) is 0. The van der Waals surface area contributed by atoms with Crippen LogP contribution in [0, 0.1) is 6.92 Å². The average Bonchev–Trinajstić information content (AvgIpc) is 2.72. The third-order valence-corrected chi connectivity index (χ3v) is 4.34. The Morgan fingerprint density at radius 3 is 2.37 bits per heavy atom. The predicted octanol–water partition coefficient (Wildman–Crippen LogP) is 5.11. The van der Waals surface area contributed by atoms with Gasteiger partial charge in [0.1, 0.15) is 0 Å². The summed E-state index contributed by atoms with van der Waals surface area (Å²) in [6, 6.07) is 23.9. The minimum atomic E-state index is -0.0190. The first-order valence-corrected chi connectivity index (χ1v) is 8.85. The van der Waals surface area contributed by atoms with Crippen LogP contribution in [0.4, 0.5) is 0 Å². The fourth-order valence-electron chi connectivity index (χ4n) is 2.86. The Morgan fingerprint density at radius 2 is 1.63 bits per heavy atom. The van der Waals surface area contributed by atoms with Crippen LogP contribution >= 0.6 is 0 Å². The van der Waals surface area contributed by atoms with E-state index in [1.165, 1.54) is 5.56 Å². The lowest BCUT2D eigenvalue weighted by Crippen LogP contribution is -2.19. The van der Waals surface area contributed by atoms with E-state index >= 15 is 0 Å². The molecule has 3 aromatic rings. The highest BCUT2D eigenvalue weighted by Gasteiger charge is 2.08. The van der Waals surface area contributed by atoms with Crippen molar-refractivity contribution in [3.8, 4) is 11.1 Å². The van der Waals surface area contributed by atoms with E-state index in [9.17, 15) is 4.79 Å². The fraction of sp³-hybridized carbons (Fsp3) is 0.0833. The topological polar surface area (TPSA) is 41.5 Å². The van der Waals surface area contributed by atoms with Gasteiger partial charge in [-0.05, 0) is 23.6 Å². The first kappa shape index (κ1) is 18.3. The van der Waals surface area contributed by atoms with Crippen LogP contribution in [-0.4, -0.2) is 18.5 Å². The molecule has 0 amide bonds. The molecule has 0 heterocycles. The van der Waals surface area contributed by atoms with Crippen molar-refractivity contribution in [2.75, 3.05) is 6.54 Å². The van der Waals surface area contributed by atoms with Crippen LogP contribution in [0.3, 0.4) is 0 Å². The highest BCUT2D eigenvalue weighted by atomic mass is 16.1. The smallest absolute Gasteiger partial charge is 0.184 e. The molecule has 3 aromatic carbocycles. The van der Waals surface area contributed by atoms with Gasteiger partial charge in [0.2, 0.25) is 0 Å². The van der Waals surface area contributed by atoms with Crippen LogP contribution in [-0.2, 0) is 0 Å². The van der Waals surface area contributed by atoms with E-state index in [-0.39, 0.29) is 12.3 Å². The number of benzene rings is 3. The summed E-state index contributed by atoms with van der Waals surface area (Å²) in [5, 5.41) is 4.24. The van der Waals surface area contributed by atoms with Gasteiger partial charge in [0.15, 0.2) is 5.78 Å². The molecule has 0 aliphatic rings. The van der Waals surface area contributed by atoms with E-state index in [1.807, 2.05) is 36.4 Å². The van der Waals surface area contributed by atoms with Crippen molar-refractivity contribution in [1.82, 2.24) is 5.43 Å². The Bertz CT molecular complexity index is 972. The zero-order valence-electron chi connectivity index (χ0n) is 15.4. The van der Waals surface area contributed by atoms with Crippen LogP contribution in [0.5, 0.6) is 0 Å². The van der Waals surface area contributed by atoms with E-state index in [4.69, 9.17) is 0 Å². The lowest BCUT2D eigenvalue weighted by Gasteiger charge is -2.07. The molecule has 0 aromatic heterocycles. The Kier molecular flexibility index (Phi) is 5.95. The number of carbonyl (C=O) groups is 1. The van der Waals surface area contributed by atoms with Crippen LogP contribution in [0.2, 0.25) is 0 Å². The van der Waals surface area contributed by atoms with E-state index < -0.39 is 0 Å². The van der Waals surface area contributed by atoms with Crippen molar-refractivity contribution in [2.24, 2.45) is 5.10 Å². The van der Waals surface area contributed by atoms with Crippen molar-refractivity contribution in [2.45, 2.75) is 6.92 Å². The van der Waals surface area contributed by atoms with Gasteiger partial charge in [-0.25, -0.2) is 0 Å². The average molecular weight is 354 g/mol. The molecule has 3 heteroatoms. The second kappa shape index (κ2) is 8.77. The summed E-state index contributed by atoms with van der Waals surface area (Å²) in [4.78, 5) is 12.4. The summed E-state index contributed by atoms with van der Waals surface area (Å²) >= 11 is 0. The summed E-state index contributed by atoms with van der Waals surface area (Å²) < 4.78 is 0. The zero-order chi connectivity index (χ0) is 19.1. The quantitative estimate of drug-likeness (QED) is 0.364. The first-order chi connectivity index (χ1) is 13.2. The molecule has 0 aliphatic heterocycles. The lowest BCUT2D eigenvalue weighted by atomic mass is 9.99. The van der Waals surface area contributed by atoms with Crippen LogP contribution in [0.25, 0.3) is 17.2 Å². The van der Waals surface area contributed by atoms with E-state index in [1.54, 1.807) is 18.4 Å². The van der Waals surface area contributed by atoms with Gasteiger partial charge in [-0.2, -0.15) is 5.10 Å². The van der Waals surface area contributed by atoms with Crippen molar-refractivity contribution < 1.29 is 4.79 Å². The number of Topliss-reactive ketones (excluding diaryl/α,β-unsaturated/α-hetero) is 1. The van der Waals surface area contributed by atoms with Gasteiger partial charge in [0.05, 0.1) is 12.8 Å². The second-order valence-electron chi connectivity index (χ2n) is 6.26. The minimum absolute atomic E-state index is 0.0190. The Hall–Kier alpha value is -3.46. The normalized spacial score (nSPS) is 10.7. The predicted molar refractivity (Wildman–Crippen MR) is 113 cm³/mol. The maximum absolute atomic E-state index is 12.4. The number of hydrogen-bond acceptors (Lipinski definition) is 3. The Labute approximate surface area is 160 Å². The standard InChI is InChI=1S/C24H22N2O/c1-3-19-8-4-7-11-23(19)24(27)17-26-25-16-21-9-5-6-10-22(21)20-14-12-18(2)13-15-20/h3-16,26H,1,17H2,2H3. The number of rotatable bonds is 7. The summed E-state index contributed by atoms with van der Waals surface area (Å²) in [6.45, 7) is 5.96. The molecule has 0 unspecified atom stereocenters. The molecular formula is C24H22N2O. The molecule has 27 heavy (non-hydrogen) atoms. The maximum atomic E-state index is 12.4. The second-order valence-corrected chi connectivity index (χ2v) is 6.26. The van der Waals surface area contributed by atoms with Gasteiger partial charge in [-0.3, -0.25) is 4.79 Å². The van der Waals surface area contributed by atoms with E-state index in [0.29, 0.717) is 5.56 Å². The van der Waals surface area contributed by atoms with Gasteiger partial charge in [-0.1, -0.05) is 91.0 Å². The van der Waals surface area contributed by atoms with Gasteiger partial charge in [-0.15, -0.1) is 0 Å². The van der Waals surface area contributed by atoms with Crippen molar-refractivity contribution >= 4 is 18.1 Å². The zero-order valence-corrected chi connectivity index (χ0v) is 15.4. The maximum Gasteiger partial charge on any atom is 0.184 e. The first-order valence-electron chi connectivity index (χ1n) is 8.85. The summed E-state index contributed by atoms with van der Waals surface area (Å²) in [5.41, 5.74) is 8.80. The van der Waals surface area contributed by atoms with Gasteiger partial charge < -0.3 is 5.43 Å². The Morgan fingerprint density at radius 1 is 0.963 bits per heavy atom. The van der Waals surface area contributed by atoms with Gasteiger partial charge >= 0.3 is 0 Å². The number of hydrogen-bond donors (Lipinski definition) is 1. The molecule has 1 N–H and O–H groups in total. The molecule has 134 valence electrons. The van der Waals surface area contributed by atoms with Crippen LogP contribution < -0.4 is 5.43 Å². The molecule has 0 atom stereocenters. The van der Waals surface area contributed by atoms with Crippen molar-refractivity contribution in [1.29, 1.82) is 0 Å². The molecular weight excluding hydrogens is 332 g/mol. The number of aryl methyl sites for hydroxylation is 1. The highest BCUT2D eigenvalue weighted by Crippen LogP contribution is 2.22. The SMILES string of the molecule is C=Cc1ccccc1C(=O)CNN=Cc1ccccc1-c1ccc(C)cc1. The molecule has 0 saturated heterocycles. The van der Waals surface area contributed by atoms with Crippen LogP contribution in [0.15, 0.2) is 84.5 Å². The largest absolute Gasteiger partial charge is 0.302 e. The summed E-state index contributed by atoms with van der Waals surface area (Å²) in [5.74, 6) is -0.0190. The van der Waals surface area contributed by atoms with E-state index in [0.717, 1.165) is 22.3 Å². The minimum Gasteiger partial charge on any atom is -0.302 e. The van der Waals surface area contributed by atoms with Crippen LogP contribution in [0.1, 0.15) is 27.0 Å². The Balaban J connectivity index is 1.69. The molecule has 3 rings (SSSR count). The number of hydrazone groups is 1. The lowest BCUT2D eigenvalue weighted by molar-refractivity contribution is 0.0991. The number of ketones is 1. The third-order valence-electron chi connectivity index (χ3n) is 4.34. The highest BCUT2D eigenvalue weighted by molar-refractivity contribution is 6.00. The number of nitrogens with one attached hydrogen (secondary N) is 1. The molecule has 0 saturated carbocycles. The number of nitrogens with zero attached hydrogens (tertiary/aromatic N) is 1.